The molecule has 6 nitrogen and oxygen atoms in total. The van der Waals surface area contributed by atoms with Crippen LogP contribution in [0.1, 0.15) is 24.0 Å². The van der Waals surface area contributed by atoms with Gasteiger partial charge in [-0.15, -0.1) is 0 Å². The molecule has 6 heteroatoms. The molecule has 2 aromatic rings. The lowest BCUT2D eigenvalue weighted by atomic mass is 10.1. The van der Waals surface area contributed by atoms with E-state index in [2.05, 4.69) is 10.6 Å². The molecule has 134 valence electrons. The Hall–Kier alpha value is -2.60. The van der Waals surface area contributed by atoms with Crippen molar-refractivity contribution in [1.82, 2.24) is 10.2 Å². The topological polar surface area (TPSA) is 74.6 Å². The Balaban J connectivity index is 1.74. The number of benzene rings is 1. The molecule has 0 bridgehead atoms. The molecular formula is C19H25N3O3. The number of rotatable bonds is 8. The molecule has 0 aliphatic rings. The Bertz CT molecular complexity index is 724. The van der Waals surface area contributed by atoms with E-state index in [1.54, 1.807) is 0 Å². The zero-order chi connectivity index (χ0) is 18.2. The van der Waals surface area contributed by atoms with Crippen LogP contribution in [-0.4, -0.2) is 36.9 Å². The molecular weight excluding hydrogens is 318 g/mol. The lowest BCUT2D eigenvalue weighted by Gasteiger charge is -2.15. The van der Waals surface area contributed by atoms with Gasteiger partial charge in [0.15, 0.2) is 0 Å². The zero-order valence-electron chi connectivity index (χ0n) is 15.0. The molecule has 1 heterocycles. The third kappa shape index (κ3) is 6.08. The molecule has 0 saturated heterocycles. The van der Waals surface area contributed by atoms with Gasteiger partial charge in [0.05, 0.1) is 19.6 Å². The van der Waals surface area contributed by atoms with Crippen molar-refractivity contribution in [3.63, 3.8) is 0 Å². The number of amides is 2. The van der Waals surface area contributed by atoms with Gasteiger partial charge in [-0.2, -0.15) is 0 Å². The molecule has 2 N–H and O–H groups in total. The van der Waals surface area contributed by atoms with E-state index in [9.17, 15) is 9.59 Å². The Morgan fingerprint density at radius 1 is 1.12 bits per heavy atom. The number of likely N-dealkylation sites (N-methyl/N-ethyl adjacent to an activating group) is 1. The van der Waals surface area contributed by atoms with Crippen LogP contribution in [-0.2, 0) is 22.6 Å². The Morgan fingerprint density at radius 3 is 2.56 bits per heavy atom. The molecule has 2 amide bonds. The summed E-state index contributed by atoms with van der Waals surface area (Å²) in [6, 6.07) is 11.4. The Morgan fingerprint density at radius 2 is 1.88 bits per heavy atom. The SMILES string of the molecule is CCc1ccccc1NC(=O)CNC(=O)CN(C)Cc1ccc(C)o1. The summed E-state index contributed by atoms with van der Waals surface area (Å²) in [7, 11) is 1.83. The van der Waals surface area contributed by atoms with Crippen molar-refractivity contribution in [3.05, 3.63) is 53.5 Å². The first kappa shape index (κ1) is 18.7. The Kier molecular flexibility index (Phi) is 6.77. The second-order valence-corrected chi connectivity index (χ2v) is 6.02. The number of carbonyl (C=O) groups is 2. The second-order valence-electron chi connectivity index (χ2n) is 6.02. The number of carbonyl (C=O) groups excluding carboxylic acids is 2. The number of furan rings is 1. The monoisotopic (exact) mass is 343 g/mol. The molecule has 0 unspecified atom stereocenters. The number of hydrogen-bond donors (Lipinski definition) is 2. The maximum absolute atomic E-state index is 12.0. The van der Waals surface area contributed by atoms with E-state index in [0.717, 1.165) is 29.2 Å². The quantitative estimate of drug-likeness (QED) is 0.771. The van der Waals surface area contributed by atoms with Gasteiger partial charge in [-0.25, -0.2) is 0 Å². The average Bonchev–Trinajstić information content (AvgIpc) is 2.98. The first-order valence-corrected chi connectivity index (χ1v) is 8.36. The molecule has 1 aromatic carbocycles. The standard InChI is InChI=1S/C19H25N3O3/c1-4-15-7-5-6-8-17(15)21-18(23)11-20-19(24)13-22(3)12-16-10-9-14(2)25-16/h5-10H,4,11-13H2,1-3H3,(H,20,24)(H,21,23). The fourth-order valence-electron chi connectivity index (χ4n) is 2.52. The average molecular weight is 343 g/mol. The lowest BCUT2D eigenvalue weighted by molar-refractivity contribution is -0.124. The van der Waals surface area contributed by atoms with Crippen molar-refractivity contribution < 1.29 is 14.0 Å². The van der Waals surface area contributed by atoms with E-state index in [1.165, 1.54) is 0 Å². The van der Waals surface area contributed by atoms with Crippen LogP contribution in [0.3, 0.4) is 0 Å². The van der Waals surface area contributed by atoms with Crippen LogP contribution < -0.4 is 10.6 Å². The van der Waals surface area contributed by atoms with Gasteiger partial charge >= 0.3 is 0 Å². The Labute approximate surface area is 148 Å². The van der Waals surface area contributed by atoms with E-state index in [-0.39, 0.29) is 24.9 Å². The summed E-state index contributed by atoms with van der Waals surface area (Å²) < 4.78 is 5.48. The van der Waals surface area contributed by atoms with Crippen molar-refractivity contribution in [2.75, 3.05) is 25.5 Å². The number of nitrogens with zero attached hydrogens (tertiary/aromatic N) is 1. The normalized spacial score (nSPS) is 10.7. The highest BCUT2D eigenvalue weighted by Crippen LogP contribution is 2.15. The van der Waals surface area contributed by atoms with E-state index in [0.29, 0.717) is 6.54 Å². The molecule has 2 rings (SSSR count). The van der Waals surface area contributed by atoms with Gasteiger partial charge in [0.25, 0.3) is 0 Å². The molecule has 0 spiro atoms. The first-order chi connectivity index (χ1) is 12.0. The van der Waals surface area contributed by atoms with E-state index >= 15 is 0 Å². The molecule has 1 aromatic heterocycles. The fourth-order valence-corrected chi connectivity index (χ4v) is 2.52. The molecule has 0 aliphatic carbocycles. The molecule has 0 atom stereocenters. The number of nitrogens with one attached hydrogen (secondary N) is 2. The minimum atomic E-state index is -0.237. The summed E-state index contributed by atoms with van der Waals surface area (Å²) >= 11 is 0. The van der Waals surface area contributed by atoms with Gasteiger partial charge in [-0.05, 0) is 44.2 Å². The predicted octanol–water partition coefficient (Wildman–Crippen LogP) is 2.34. The van der Waals surface area contributed by atoms with Crippen LogP contribution in [0.4, 0.5) is 5.69 Å². The van der Waals surface area contributed by atoms with Crippen molar-refractivity contribution in [2.24, 2.45) is 0 Å². The van der Waals surface area contributed by atoms with Crippen LogP contribution in [0.25, 0.3) is 0 Å². The summed E-state index contributed by atoms with van der Waals surface area (Å²) in [5.74, 6) is 1.21. The molecule has 0 fully saturated rings. The minimum Gasteiger partial charge on any atom is -0.465 e. The summed E-state index contributed by atoms with van der Waals surface area (Å²) in [6.07, 6.45) is 0.833. The van der Waals surface area contributed by atoms with Crippen LogP contribution in [0.15, 0.2) is 40.8 Å². The highest BCUT2D eigenvalue weighted by Gasteiger charge is 2.11. The molecule has 0 radical (unpaired) electrons. The fraction of sp³-hybridized carbons (Fsp3) is 0.368. The summed E-state index contributed by atoms with van der Waals surface area (Å²) in [4.78, 5) is 25.8. The maximum Gasteiger partial charge on any atom is 0.243 e. The number of anilines is 1. The lowest BCUT2D eigenvalue weighted by Crippen LogP contribution is -2.39. The summed E-state index contributed by atoms with van der Waals surface area (Å²) in [5, 5.41) is 5.47. The van der Waals surface area contributed by atoms with Gasteiger partial charge in [-0.1, -0.05) is 25.1 Å². The summed E-state index contributed by atoms with van der Waals surface area (Å²) in [6.45, 7) is 4.59. The smallest absolute Gasteiger partial charge is 0.243 e. The summed E-state index contributed by atoms with van der Waals surface area (Å²) in [5.41, 5.74) is 1.85. The number of para-hydroxylation sites is 1. The number of aryl methyl sites for hydroxylation is 2. The van der Waals surface area contributed by atoms with Crippen molar-refractivity contribution in [2.45, 2.75) is 26.8 Å². The largest absolute Gasteiger partial charge is 0.465 e. The van der Waals surface area contributed by atoms with Gasteiger partial charge < -0.3 is 15.1 Å². The van der Waals surface area contributed by atoms with Crippen molar-refractivity contribution in [1.29, 1.82) is 0 Å². The van der Waals surface area contributed by atoms with Gasteiger partial charge in [0.1, 0.15) is 11.5 Å². The zero-order valence-corrected chi connectivity index (χ0v) is 15.0. The van der Waals surface area contributed by atoms with Crippen LogP contribution in [0.5, 0.6) is 0 Å². The minimum absolute atomic E-state index is 0.0510. The van der Waals surface area contributed by atoms with Gasteiger partial charge in [-0.3, -0.25) is 14.5 Å². The van der Waals surface area contributed by atoms with Crippen molar-refractivity contribution >= 4 is 17.5 Å². The predicted molar refractivity (Wildman–Crippen MR) is 97.2 cm³/mol. The van der Waals surface area contributed by atoms with E-state index in [1.807, 2.05) is 62.2 Å². The first-order valence-electron chi connectivity index (χ1n) is 8.36. The van der Waals surface area contributed by atoms with E-state index in [4.69, 9.17) is 4.42 Å². The molecule has 0 saturated carbocycles. The van der Waals surface area contributed by atoms with Crippen LogP contribution >= 0.6 is 0 Å². The van der Waals surface area contributed by atoms with Crippen LogP contribution in [0.2, 0.25) is 0 Å². The van der Waals surface area contributed by atoms with Gasteiger partial charge in [0.2, 0.25) is 11.8 Å². The van der Waals surface area contributed by atoms with Crippen LogP contribution in [0, 0.1) is 6.92 Å². The molecule has 25 heavy (non-hydrogen) atoms. The third-order valence-corrected chi connectivity index (χ3v) is 3.75. The second kappa shape index (κ2) is 9.03. The van der Waals surface area contributed by atoms with E-state index < -0.39 is 0 Å². The number of hydrogen-bond acceptors (Lipinski definition) is 4. The highest BCUT2D eigenvalue weighted by molar-refractivity contribution is 5.95. The third-order valence-electron chi connectivity index (χ3n) is 3.75. The van der Waals surface area contributed by atoms with Gasteiger partial charge in [0, 0.05) is 5.69 Å². The highest BCUT2D eigenvalue weighted by atomic mass is 16.3. The molecule has 0 aliphatic heterocycles. The maximum atomic E-state index is 12.0. The van der Waals surface area contributed by atoms with Crippen molar-refractivity contribution in [3.8, 4) is 0 Å².